The number of piperidine rings is 1. The number of rotatable bonds is 9. The molecule has 0 radical (unpaired) electrons. The van der Waals surface area contributed by atoms with Gasteiger partial charge in [-0.2, -0.15) is 5.10 Å². The molecule has 4 rings (SSSR count). The van der Waals surface area contributed by atoms with Crippen LogP contribution in [0.1, 0.15) is 24.8 Å². The van der Waals surface area contributed by atoms with Gasteiger partial charge >= 0.3 is 0 Å². The van der Waals surface area contributed by atoms with Gasteiger partial charge in [-0.3, -0.25) is 14.4 Å². The van der Waals surface area contributed by atoms with Gasteiger partial charge in [0, 0.05) is 31.0 Å². The summed E-state index contributed by atoms with van der Waals surface area (Å²) in [7, 11) is 1.90. The van der Waals surface area contributed by atoms with E-state index in [1.54, 1.807) is 10.9 Å². The molecule has 0 spiro atoms. The van der Waals surface area contributed by atoms with Gasteiger partial charge in [-0.25, -0.2) is 0 Å². The van der Waals surface area contributed by atoms with Crippen molar-refractivity contribution >= 4 is 11.6 Å². The molecule has 2 aromatic carbocycles. The highest BCUT2D eigenvalue weighted by Gasteiger charge is 2.14. The second-order valence-corrected chi connectivity index (χ2v) is 8.45. The molecule has 33 heavy (non-hydrogen) atoms. The van der Waals surface area contributed by atoms with Crippen LogP contribution in [0.25, 0.3) is 11.3 Å². The Bertz CT molecular complexity index is 1060. The van der Waals surface area contributed by atoms with E-state index in [1.807, 2.05) is 62.5 Å². The van der Waals surface area contributed by atoms with Crippen LogP contribution in [0.2, 0.25) is 0 Å². The minimum Gasteiger partial charge on any atom is -0.492 e. The predicted octanol–water partition coefficient (Wildman–Crippen LogP) is 4.28. The van der Waals surface area contributed by atoms with E-state index < -0.39 is 0 Å². The Morgan fingerprint density at radius 1 is 1.03 bits per heavy atom. The first kappa shape index (κ1) is 22.9. The number of anilines is 1. The second-order valence-electron chi connectivity index (χ2n) is 8.45. The molecule has 0 unspecified atom stereocenters. The third kappa shape index (κ3) is 6.35. The maximum Gasteiger partial charge on any atom is 0.262 e. The molecular weight excluding hydrogens is 416 g/mol. The number of hydrogen-bond acceptors (Lipinski definition) is 5. The van der Waals surface area contributed by atoms with Crippen molar-refractivity contribution in [3.05, 3.63) is 60.3 Å². The van der Waals surface area contributed by atoms with Crippen LogP contribution in [-0.4, -0.2) is 53.4 Å². The second kappa shape index (κ2) is 11.0. The molecule has 1 aliphatic heterocycles. The van der Waals surface area contributed by atoms with Crippen LogP contribution in [0.15, 0.2) is 54.7 Å². The third-order valence-corrected chi connectivity index (χ3v) is 5.86. The number of aryl methyl sites for hydroxylation is 2. The number of nitrogens with one attached hydrogen (secondary N) is 1. The number of benzene rings is 2. The van der Waals surface area contributed by atoms with Crippen LogP contribution in [-0.2, 0) is 11.8 Å². The van der Waals surface area contributed by atoms with Gasteiger partial charge in [0.05, 0.1) is 5.69 Å². The van der Waals surface area contributed by atoms with Crippen molar-refractivity contribution in [3.8, 4) is 22.8 Å². The summed E-state index contributed by atoms with van der Waals surface area (Å²) in [6.07, 6.45) is 5.61. The van der Waals surface area contributed by atoms with E-state index in [4.69, 9.17) is 9.47 Å². The van der Waals surface area contributed by atoms with Crippen molar-refractivity contribution in [3.63, 3.8) is 0 Å². The van der Waals surface area contributed by atoms with Crippen LogP contribution in [0.3, 0.4) is 0 Å². The minimum atomic E-state index is -0.217. The number of nitrogens with zero attached hydrogens (tertiary/aromatic N) is 3. The first-order valence-corrected chi connectivity index (χ1v) is 11.6. The topological polar surface area (TPSA) is 68.6 Å². The van der Waals surface area contributed by atoms with E-state index in [1.165, 1.54) is 19.3 Å². The predicted molar refractivity (Wildman–Crippen MR) is 130 cm³/mol. The molecule has 0 aliphatic carbocycles. The summed E-state index contributed by atoms with van der Waals surface area (Å²) in [5.41, 5.74) is 3.65. The molecule has 2 heterocycles. The third-order valence-electron chi connectivity index (χ3n) is 5.86. The normalized spacial score (nSPS) is 14.1. The average Bonchev–Trinajstić information content (AvgIpc) is 3.26. The highest BCUT2D eigenvalue weighted by molar-refractivity contribution is 5.93. The van der Waals surface area contributed by atoms with Gasteiger partial charge < -0.3 is 14.8 Å². The Kier molecular flexibility index (Phi) is 7.62. The Balaban J connectivity index is 1.41. The molecule has 1 aromatic heterocycles. The van der Waals surface area contributed by atoms with Gasteiger partial charge in [0.2, 0.25) is 0 Å². The highest BCUT2D eigenvalue weighted by atomic mass is 16.5. The van der Waals surface area contributed by atoms with Crippen molar-refractivity contribution in [1.82, 2.24) is 14.7 Å². The molecule has 7 heteroatoms. The molecule has 0 atom stereocenters. The van der Waals surface area contributed by atoms with Crippen molar-refractivity contribution in [1.29, 1.82) is 0 Å². The lowest BCUT2D eigenvalue weighted by Gasteiger charge is -2.26. The van der Waals surface area contributed by atoms with Crippen molar-refractivity contribution in [2.24, 2.45) is 7.05 Å². The van der Waals surface area contributed by atoms with E-state index in [-0.39, 0.29) is 12.5 Å². The number of amides is 1. The lowest BCUT2D eigenvalue weighted by Crippen LogP contribution is -2.33. The zero-order valence-corrected chi connectivity index (χ0v) is 19.4. The van der Waals surface area contributed by atoms with Gasteiger partial charge in [-0.05, 0) is 69.3 Å². The van der Waals surface area contributed by atoms with E-state index in [0.29, 0.717) is 18.0 Å². The largest absolute Gasteiger partial charge is 0.492 e. The summed E-state index contributed by atoms with van der Waals surface area (Å²) in [6, 6.07) is 15.3. The van der Waals surface area contributed by atoms with Crippen LogP contribution in [0.5, 0.6) is 11.5 Å². The molecule has 1 aliphatic rings. The number of aromatic nitrogens is 2. The molecule has 0 saturated carbocycles. The van der Waals surface area contributed by atoms with E-state index >= 15 is 0 Å². The van der Waals surface area contributed by atoms with Crippen LogP contribution >= 0.6 is 0 Å². The molecule has 1 amide bonds. The molecule has 1 fully saturated rings. The van der Waals surface area contributed by atoms with Gasteiger partial charge in [0.1, 0.15) is 18.1 Å². The van der Waals surface area contributed by atoms with Gasteiger partial charge in [0.25, 0.3) is 5.91 Å². The summed E-state index contributed by atoms with van der Waals surface area (Å²) in [4.78, 5) is 14.9. The first-order valence-electron chi connectivity index (χ1n) is 11.6. The highest BCUT2D eigenvalue weighted by Crippen LogP contribution is 2.32. The number of carbonyl (C=O) groups excluding carboxylic acids is 1. The minimum absolute atomic E-state index is 0.0574. The molecule has 1 saturated heterocycles. The molecule has 174 valence electrons. The lowest BCUT2D eigenvalue weighted by molar-refractivity contribution is -0.118. The molecular formula is C26H32N4O3. The van der Waals surface area contributed by atoms with E-state index in [0.717, 1.165) is 42.2 Å². The number of ether oxygens (including phenoxy) is 2. The Morgan fingerprint density at radius 2 is 1.82 bits per heavy atom. The monoisotopic (exact) mass is 448 g/mol. The number of carbonyl (C=O) groups is 1. The quantitative estimate of drug-likeness (QED) is 0.529. The van der Waals surface area contributed by atoms with Crippen LogP contribution in [0.4, 0.5) is 5.69 Å². The van der Waals surface area contributed by atoms with Gasteiger partial charge in [-0.1, -0.05) is 24.1 Å². The smallest absolute Gasteiger partial charge is 0.262 e. The summed E-state index contributed by atoms with van der Waals surface area (Å²) in [6.45, 7) is 5.79. The zero-order valence-electron chi connectivity index (χ0n) is 19.4. The number of hydrogen-bond donors (Lipinski definition) is 1. The van der Waals surface area contributed by atoms with Crippen LogP contribution < -0.4 is 14.8 Å². The average molecular weight is 449 g/mol. The van der Waals surface area contributed by atoms with Gasteiger partial charge in [0.15, 0.2) is 6.61 Å². The number of likely N-dealkylation sites (tertiary alicyclic amines) is 1. The molecule has 7 nitrogen and oxygen atoms in total. The van der Waals surface area contributed by atoms with Gasteiger partial charge in [-0.15, -0.1) is 0 Å². The fourth-order valence-electron chi connectivity index (χ4n) is 4.02. The summed E-state index contributed by atoms with van der Waals surface area (Å²) < 4.78 is 13.6. The summed E-state index contributed by atoms with van der Waals surface area (Å²) in [5, 5.41) is 7.22. The SMILES string of the molecule is Cc1ccc(OCC(=O)Nc2ccc(OCCN3CCCCC3)c(-c3ccnn3C)c2)cc1. The Hall–Kier alpha value is -3.32. The summed E-state index contributed by atoms with van der Waals surface area (Å²) >= 11 is 0. The van der Waals surface area contributed by atoms with Crippen molar-refractivity contribution in [2.45, 2.75) is 26.2 Å². The Morgan fingerprint density at radius 3 is 2.55 bits per heavy atom. The maximum absolute atomic E-state index is 12.5. The lowest BCUT2D eigenvalue weighted by atomic mass is 10.1. The maximum atomic E-state index is 12.5. The summed E-state index contributed by atoms with van der Waals surface area (Å²) in [5.74, 6) is 1.23. The van der Waals surface area contributed by atoms with Crippen LogP contribution in [0, 0.1) is 6.92 Å². The molecule has 1 N–H and O–H groups in total. The fraction of sp³-hybridized carbons (Fsp3) is 0.385. The zero-order chi connectivity index (χ0) is 23.0. The van der Waals surface area contributed by atoms with Crippen molar-refractivity contribution < 1.29 is 14.3 Å². The standard InChI is InChI=1S/C26H32N4O3/c1-20-6-9-22(10-7-20)33-19-26(31)28-21-8-11-25(23(18-21)24-12-13-27-29(24)2)32-17-16-30-14-4-3-5-15-30/h6-13,18H,3-5,14-17,19H2,1-2H3,(H,28,31). The Labute approximate surface area is 195 Å². The molecule has 0 bridgehead atoms. The fourth-order valence-corrected chi connectivity index (χ4v) is 4.02. The van der Waals surface area contributed by atoms with E-state index in [9.17, 15) is 4.79 Å². The van der Waals surface area contributed by atoms with Crippen molar-refractivity contribution in [2.75, 3.05) is 38.2 Å². The van der Waals surface area contributed by atoms with E-state index in [2.05, 4.69) is 15.3 Å². The first-order chi connectivity index (χ1) is 16.1. The molecule has 3 aromatic rings.